The van der Waals surface area contributed by atoms with Crippen LogP contribution in [0, 0.1) is 0 Å². The Morgan fingerprint density at radius 1 is 0.833 bits per heavy atom. The van der Waals surface area contributed by atoms with Gasteiger partial charge in [0, 0.05) is 31.7 Å². The topological polar surface area (TPSA) is 0 Å². The minimum Gasteiger partial charge on any atom is -0.0923 e. The number of benzene rings is 2. The molecular formula is C14H8Cl4. The molecule has 0 aromatic heterocycles. The van der Waals surface area contributed by atoms with Gasteiger partial charge in [0.05, 0.1) is 0 Å². The van der Waals surface area contributed by atoms with Crippen LogP contribution >= 0.6 is 46.4 Å². The van der Waals surface area contributed by atoms with Gasteiger partial charge < -0.3 is 0 Å². The van der Waals surface area contributed by atoms with Crippen molar-refractivity contribution in [2.24, 2.45) is 0 Å². The van der Waals surface area contributed by atoms with Crippen LogP contribution in [-0.4, -0.2) is 0 Å². The lowest BCUT2D eigenvalue weighted by atomic mass is 10.00. The number of rotatable bonds is 2. The Morgan fingerprint density at radius 3 is 2.00 bits per heavy atom. The molecule has 0 heterocycles. The number of hydrogen-bond donors (Lipinski definition) is 0. The molecule has 0 aliphatic carbocycles. The highest BCUT2D eigenvalue weighted by atomic mass is 35.5. The molecule has 0 bridgehead atoms. The highest BCUT2D eigenvalue weighted by Crippen LogP contribution is 2.32. The van der Waals surface area contributed by atoms with Crippen LogP contribution < -0.4 is 0 Å². The summed E-state index contributed by atoms with van der Waals surface area (Å²) >= 11 is 23.8. The van der Waals surface area contributed by atoms with Crippen molar-refractivity contribution in [2.75, 3.05) is 0 Å². The average Bonchev–Trinajstić information content (AvgIpc) is 2.35. The summed E-state index contributed by atoms with van der Waals surface area (Å²) in [5.41, 5.74) is 4.10. The Labute approximate surface area is 126 Å². The molecule has 4 heteroatoms. The molecule has 0 aliphatic rings. The minimum atomic E-state index is 0.560. The molecular weight excluding hydrogens is 310 g/mol. The summed E-state index contributed by atoms with van der Waals surface area (Å²) in [6, 6.07) is 12.7. The maximum Gasteiger partial charge on any atom is 0.0499 e. The summed E-state index contributed by atoms with van der Waals surface area (Å²) in [7, 11) is 0. The van der Waals surface area contributed by atoms with Crippen LogP contribution in [0.1, 0.15) is 11.1 Å². The van der Waals surface area contributed by atoms with E-state index in [1.165, 1.54) is 5.54 Å². The summed E-state index contributed by atoms with van der Waals surface area (Å²) < 4.78 is 0. The van der Waals surface area contributed by atoms with Crippen LogP contribution in [0.2, 0.25) is 15.1 Å². The average molecular weight is 318 g/mol. The van der Waals surface area contributed by atoms with Gasteiger partial charge in [-0.1, -0.05) is 64.6 Å². The van der Waals surface area contributed by atoms with Crippen LogP contribution in [0.5, 0.6) is 0 Å². The summed E-state index contributed by atoms with van der Waals surface area (Å²) in [5.74, 6) is 0. The molecule has 0 radical (unpaired) electrons. The van der Waals surface area contributed by atoms with Crippen molar-refractivity contribution < 1.29 is 0 Å². The molecule has 0 nitrogen and oxygen atoms in total. The van der Waals surface area contributed by atoms with Gasteiger partial charge in [0.15, 0.2) is 0 Å². The molecule has 0 aliphatic heterocycles. The quantitative estimate of drug-likeness (QED) is 0.612. The smallest absolute Gasteiger partial charge is 0.0499 e. The molecule has 0 saturated carbocycles. The van der Waals surface area contributed by atoms with Gasteiger partial charge in [-0.05, 0) is 29.8 Å². The third-order valence-corrected chi connectivity index (χ3v) is 3.50. The maximum atomic E-state index is 6.17. The van der Waals surface area contributed by atoms with E-state index in [0.29, 0.717) is 15.1 Å². The third-order valence-electron chi connectivity index (χ3n) is 2.49. The molecule has 0 fully saturated rings. The van der Waals surface area contributed by atoms with E-state index in [0.717, 1.165) is 16.7 Å². The normalized spacial score (nSPS) is 11.7. The Balaban J connectivity index is 2.49. The van der Waals surface area contributed by atoms with Gasteiger partial charge in [0.2, 0.25) is 0 Å². The zero-order chi connectivity index (χ0) is 13.1. The first-order chi connectivity index (χ1) is 8.61. The molecule has 0 spiro atoms. The van der Waals surface area contributed by atoms with Crippen molar-refractivity contribution in [3.63, 3.8) is 0 Å². The third kappa shape index (κ3) is 3.02. The lowest BCUT2D eigenvalue weighted by Crippen LogP contribution is -1.88. The predicted molar refractivity (Wildman–Crippen MR) is 80.8 cm³/mol. The fourth-order valence-electron chi connectivity index (χ4n) is 1.61. The predicted octanol–water partition coefficient (Wildman–Crippen LogP) is 6.27. The molecule has 92 valence electrons. The minimum absolute atomic E-state index is 0.560. The lowest BCUT2D eigenvalue weighted by molar-refractivity contribution is 1.55. The first-order valence-corrected chi connectivity index (χ1v) is 6.70. The van der Waals surface area contributed by atoms with E-state index in [4.69, 9.17) is 46.4 Å². The second-order valence-electron chi connectivity index (χ2n) is 3.65. The molecule has 2 aromatic rings. The molecule has 0 N–H and O–H groups in total. The van der Waals surface area contributed by atoms with E-state index in [9.17, 15) is 0 Å². The van der Waals surface area contributed by atoms with Crippen molar-refractivity contribution >= 4 is 52.0 Å². The van der Waals surface area contributed by atoms with E-state index in [1.54, 1.807) is 24.3 Å². The monoisotopic (exact) mass is 316 g/mol. The highest BCUT2D eigenvalue weighted by Gasteiger charge is 2.09. The fourth-order valence-corrected chi connectivity index (χ4v) is 2.49. The molecule has 0 atom stereocenters. The van der Waals surface area contributed by atoms with Crippen molar-refractivity contribution in [1.29, 1.82) is 0 Å². The van der Waals surface area contributed by atoms with Crippen LogP contribution in [-0.2, 0) is 0 Å². The fraction of sp³-hybridized carbons (Fsp3) is 0. The van der Waals surface area contributed by atoms with E-state index >= 15 is 0 Å². The molecule has 0 amide bonds. The Hall–Kier alpha value is -0.660. The second kappa shape index (κ2) is 5.99. The summed E-state index contributed by atoms with van der Waals surface area (Å²) in [6.07, 6.45) is 0. The van der Waals surface area contributed by atoms with Gasteiger partial charge in [-0.15, -0.1) is 0 Å². The number of hydrogen-bond acceptors (Lipinski definition) is 0. The van der Waals surface area contributed by atoms with Gasteiger partial charge in [-0.25, -0.2) is 0 Å². The van der Waals surface area contributed by atoms with Crippen LogP contribution in [0.15, 0.2) is 48.0 Å². The summed E-state index contributed by atoms with van der Waals surface area (Å²) in [5, 5.41) is 1.83. The Morgan fingerprint density at radius 2 is 1.44 bits per heavy atom. The highest BCUT2D eigenvalue weighted by molar-refractivity contribution is 6.36. The standard InChI is InChI=1S/C14H8Cl4/c15-8-13(9-1-3-10(16)4-2-9)12-6-5-11(17)7-14(12)18/h1-8H/b13-8-. The van der Waals surface area contributed by atoms with Crippen molar-refractivity contribution in [2.45, 2.75) is 0 Å². The van der Waals surface area contributed by atoms with Gasteiger partial charge in [0.25, 0.3) is 0 Å². The summed E-state index contributed by atoms with van der Waals surface area (Å²) in [6.45, 7) is 0. The van der Waals surface area contributed by atoms with E-state index in [1.807, 2.05) is 18.2 Å². The largest absolute Gasteiger partial charge is 0.0923 e. The summed E-state index contributed by atoms with van der Waals surface area (Å²) in [4.78, 5) is 0. The SMILES string of the molecule is Cl/C=C(/c1ccc(Cl)cc1)c1ccc(Cl)cc1Cl. The van der Waals surface area contributed by atoms with Gasteiger partial charge in [-0.3, -0.25) is 0 Å². The zero-order valence-corrected chi connectivity index (χ0v) is 12.2. The van der Waals surface area contributed by atoms with E-state index in [2.05, 4.69) is 0 Å². The van der Waals surface area contributed by atoms with Gasteiger partial charge >= 0.3 is 0 Å². The Bertz CT molecular complexity index is 585. The lowest BCUT2D eigenvalue weighted by Gasteiger charge is -2.09. The molecule has 18 heavy (non-hydrogen) atoms. The van der Waals surface area contributed by atoms with Crippen LogP contribution in [0.4, 0.5) is 0 Å². The van der Waals surface area contributed by atoms with Gasteiger partial charge in [0.1, 0.15) is 0 Å². The van der Waals surface area contributed by atoms with Crippen molar-refractivity contribution in [1.82, 2.24) is 0 Å². The molecule has 0 saturated heterocycles. The first kappa shape index (κ1) is 13.8. The van der Waals surface area contributed by atoms with Crippen molar-refractivity contribution in [3.05, 3.63) is 74.2 Å². The Kier molecular flexibility index (Phi) is 4.58. The zero-order valence-electron chi connectivity index (χ0n) is 9.13. The van der Waals surface area contributed by atoms with E-state index < -0.39 is 0 Å². The van der Waals surface area contributed by atoms with Crippen LogP contribution in [0.25, 0.3) is 5.57 Å². The molecule has 0 unspecified atom stereocenters. The van der Waals surface area contributed by atoms with Gasteiger partial charge in [-0.2, -0.15) is 0 Å². The van der Waals surface area contributed by atoms with E-state index in [-0.39, 0.29) is 0 Å². The maximum absolute atomic E-state index is 6.17. The number of halogens is 4. The molecule has 2 rings (SSSR count). The van der Waals surface area contributed by atoms with Crippen LogP contribution in [0.3, 0.4) is 0 Å². The van der Waals surface area contributed by atoms with Crippen molar-refractivity contribution in [3.8, 4) is 0 Å². The molecule has 2 aromatic carbocycles. The first-order valence-electron chi connectivity index (χ1n) is 5.13. The second-order valence-corrected chi connectivity index (χ2v) is 5.15.